The molecule has 0 saturated carbocycles. The van der Waals surface area contributed by atoms with Crippen molar-refractivity contribution >= 4 is 11.6 Å². The first kappa shape index (κ1) is 21.4. The van der Waals surface area contributed by atoms with Crippen LogP contribution in [0.25, 0.3) is 11.5 Å². The molecule has 0 spiro atoms. The number of ether oxygens (including phenoxy) is 1. The number of alkyl halides is 4. The fourth-order valence-corrected chi connectivity index (χ4v) is 2.73. The van der Waals surface area contributed by atoms with Gasteiger partial charge in [0.15, 0.2) is 5.69 Å². The minimum absolute atomic E-state index is 0.0226. The van der Waals surface area contributed by atoms with E-state index in [1.54, 1.807) is 0 Å². The summed E-state index contributed by atoms with van der Waals surface area (Å²) in [7, 11) is 0. The molecule has 0 saturated heterocycles. The highest BCUT2D eigenvalue weighted by Gasteiger charge is 2.29. The van der Waals surface area contributed by atoms with E-state index in [-0.39, 0.29) is 40.8 Å². The zero-order chi connectivity index (χ0) is 21.9. The van der Waals surface area contributed by atoms with Crippen LogP contribution < -0.4 is 10.1 Å². The lowest BCUT2D eigenvalue weighted by atomic mass is 10.1. The van der Waals surface area contributed by atoms with E-state index in [1.807, 2.05) is 0 Å². The Labute approximate surface area is 169 Å². The number of nitrogens with zero attached hydrogens (tertiary/aromatic N) is 1. The number of hydrogen-bond acceptors (Lipinski definition) is 4. The molecule has 0 atom stereocenters. The van der Waals surface area contributed by atoms with E-state index in [0.29, 0.717) is 5.56 Å². The van der Waals surface area contributed by atoms with Gasteiger partial charge in [-0.15, -0.1) is 0 Å². The standard InChI is InChI=1S/C21H18F4N2O3/c1-3-21(24,25)14-5-4-6-15(11-14)26-18(28)17-12(2)29-19(27-17)13-7-9-16(10-8-13)30-20(22)23/h4-11,20H,3H2,1-2H3,(H,26,28). The molecular weight excluding hydrogens is 404 g/mol. The van der Waals surface area contributed by atoms with Gasteiger partial charge in [0.1, 0.15) is 11.5 Å². The number of benzene rings is 2. The lowest BCUT2D eigenvalue weighted by molar-refractivity contribution is -0.0498. The first-order valence-electron chi connectivity index (χ1n) is 9.02. The predicted octanol–water partition coefficient (Wildman–Crippen LogP) is 6.01. The summed E-state index contributed by atoms with van der Waals surface area (Å²) in [4.78, 5) is 16.7. The molecule has 0 aliphatic carbocycles. The predicted molar refractivity (Wildman–Crippen MR) is 102 cm³/mol. The van der Waals surface area contributed by atoms with Crippen molar-refractivity contribution in [2.24, 2.45) is 0 Å². The van der Waals surface area contributed by atoms with Gasteiger partial charge in [0.05, 0.1) is 0 Å². The van der Waals surface area contributed by atoms with Gasteiger partial charge in [0.25, 0.3) is 11.8 Å². The smallest absolute Gasteiger partial charge is 0.387 e. The highest BCUT2D eigenvalue weighted by molar-refractivity contribution is 6.03. The Balaban J connectivity index is 1.78. The zero-order valence-corrected chi connectivity index (χ0v) is 16.1. The summed E-state index contributed by atoms with van der Waals surface area (Å²) in [6, 6.07) is 11.0. The first-order chi connectivity index (χ1) is 14.2. The van der Waals surface area contributed by atoms with Crippen molar-refractivity contribution in [1.29, 1.82) is 0 Å². The van der Waals surface area contributed by atoms with Gasteiger partial charge in [-0.25, -0.2) is 13.8 Å². The molecule has 0 aliphatic heterocycles. The fourth-order valence-electron chi connectivity index (χ4n) is 2.73. The molecule has 0 bridgehead atoms. The van der Waals surface area contributed by atoms with Gasteiger partial charge in [-0.1, -0.05) is 19.1 Å². The van der Waals surface area contributed by atoms with Gasteiger partial charge in [-0.05, 0) is 43.3 Å². The van der Waals surface area contributed by atoms with E-state index < -0.39 is 18.4 Å². The number of amides is 1. The van der Waals surface area contributed by atoms with Gasteiger partial charge in [-0.3, -0.25) is 4.79 Å². The van der Waals surface area contributed by atoms with Crippen LogP contribution in [-0.4, -0.2) is 17.5 Å². The molecule has 1 amide bonds. The van der Waals surface area contributed by atoms with Gasteiger partial charge in [0, 0.05) is 23.2 Å². The van der Waals surface area contributed by atoms with Crippen molar-refractivity contribution in [2.45, 2.75) is 32.8 Å². The van der Waals surface area contributed by atoms with E-state index in [9.17, 15) is 22.4 Å². The summed E-state index contributed by atoms with van der Waals surface area (Å²) in [6.45, 7) is -0.0371. The number of anilines is 1. The number of aromatic nitrogens is 1. The molecular formula is C21H18F4N2O3. The SMILES string of the molecule is CCC(F)(F)c1cccc(NC(=O)c2nc(-c3ccc(OC(F)F)cc3)oc2C)c1. The maximum Gasteiger partial charge on any atom is 0.387 e. The Morgan fingerprint density at radius 3 is 2.53 bits per heavy atom. The number of nitrogens with one attached hydrogen (secondary N) is 1. The second kappa shape index (κ2) is 8.56. The zero-order valence-electron chi connectivity index (χ0n) is 16.1. The Hall–Kier alpha value is -3.36. The van der Waals surface area contributed by atoms with E-state index in [2.05, 4.69) is 15.0 Å². The molecule has 3 aromatic rings. The van der Waals surface area contributed by atoms with Crippen LogP contribution in [0, 0.1) is 6.92 Å². The van der Waals surface area contributed by atoms with Crippen molar-refractivity contribution in [3.8, 4) is 17.2 Å². The Bertz CT molecular complexity index is 1030. The number of oxazole rings is 1. The Kier molecular flexibility index (Phi) is 6.09. The highest BCUT2D eigenvalue weighted by Crippen LogP contribution is 2.32. The minimum Gasteiger partial charge on any atom is -0.441 e. The maximum absolute atomic E-state index is 13.9. The quantitative estimate of drug-likeness (QED) is 0.474. The molecule has 9 heteroatoms. The fraction of sp³-hybridized carbons (Fsp3) is 0.238. The van der Waals surface area contributed by atoms with Crippen LogP contribution in [0.4, 0.5) is 23.2 Å². The molecule has 0 radical (unpaired) electrons. The monoisotopic (exact) mass is 422 g/mol. The average molecular weight is 422 g/mol. The summed E-state index contributed by atoms with van der Waals surface area (Å²) in [5.41, 5.74) is 0.420. The largest absolute Gasteiger partial charge is 0.441 e. The Morgan fingerprint density at radius 1 is 1.20 bits per heavy atom. The highest BCUT2D eigenvalue weighted by atomic mass is 19.3. The summed E-state index contributed by atoms with van der Waals surface area (Å²) >= 11 is 0. The number of carbonyl (C=O) groups is 1. The minimum atomic E-state index is -3.00. The molecule has 5 nitrogen and oxygen atoms in total. The molecule has 30 heavy (non-hydrogen) atoms. The third kappa shape index (κ3) is 4.79. The molecule has 158 valence electrons. The van der Waals surface area contributed by atoms with Crippen LogP contribution in [0.15, 0.2) is 52.9 Å². The van der Waals surface area contributed by atoms with Crippen molar-refractivity contribution in [1.82, 2.24) is 4.98 Å². The molecule has 0 fully saturated rings. The third-order valence-corrected chi connectivity index (χ3v) is 4.32. The number of halogens is 4. The normalized spacial score (nSPS) is 11.6. The number of hydrogen-bond donors (Lipinski definition) is 1. The Morgan fingerprint density at radius 2 is 1.90 bits per heavy atom. The van der Waals surface area contributed by atoms with Gasteiger partial charge < -0.3 is 14.5 Å². The molecule has 1 aromatic heterocycles. The summed E-state index contributed by atoms with van der Waals surface area (Å²) in [5, 5.41) is 2.53. The summed E-state index contributed by atoms with van der Waals surface area (Å²) in [5.74, 6) is -3.34. The van der Waals surface area contributed by atoms with Crippen molar-refractivity contribution < 1.29 is 31.5 Å². The van der Waals surface area contributed by atoms with Crippen LogP contribution in [0.2, 0.25) is 0 Å². The van der Waals surface area contributed by atoms with Crippen molar-refractivity contribution in [2.75, 3.05) is 5.32 Å². The van der Waals surface area contributed by atoms with Gasteiger partial charge in [0.2, 0.25) is 5.89 Å². The summed E-state index contributed by atoms with van der Waals surface area (Å²) < 4.78 is 62.0. The van der Waals surface area contributed by atoms with Crippen LogP contribution in [0.1, 0.15) is 35.2 Å². The van der Waals surface area contributed by atoms with E-state index >= 15 is 0 Å². The number of carbonyl (C=O) groups excluding carboxylic acids is 1. The number of rotatable bonds is 7. The topological polar surface area (TPSA) is 64.4 Å². The van der Waals surface area contributed by atoms with E-state index in [1.165, 1.54) is 62.4 Å². The molecule has 2 aromatic carbocycles. The van der Waals surface area contributed by atoms with Crippen LogP contribution >= 0.6 is 0 Å². The van der Waals surface area contributed by atoms with Crippen LogP contribution in [0.3, 0.4) is 0 Å². The molecule has 0 unspecified atom stereocenters. The number of aryl methyl sites for hydroxylation is 1. The van der Waals surface area contributed by atoms with Crippen LogP contribution in [0.5, 0.6) is 5.75 Å². The third-order valence-electron chi connectivity index (χ3n) is 4.32. The average Bonchev–Trinajstić information content (AvgIpc) is 3.10. The second-order valence-electron chi connectivity index (χ2n) is 6.42. The molecule has 0 aliphatic rings. The lowest BCUT2D eigenvalue weighted by Crippen LogP contribution is -2.15. The van der Waals surface area contributed by atoms with E-state index in [4.69, 9.17) is 4.42 Å². The van der Waals surface area contributed by atoms with Gasteiger partial charge in [-0.2, -0.15) is 8.78 Å². The maximum atomic E-state index is 13.9. The molecule has 1 heterocycles. The molecule has 1 N–H and O–H groups in total. The summed E-state index contributed by atoms with van der Waals surface area (Å²) in [6.07, 6.45) is -0.364. The van der Waals surface area contributed by atoms with Gasteiger partial charge >= 0.3 is 6.61 Å². The van der Waals surface area contributed by atoms with Crippen LogP contribution in [-0.2, 0) is 5.92 Å². The first-order valence-corrected chi connectivity index (χ1v) is 9.02. The van der Waals surface area contributed by atoms with Crippen molar-refractivity contribution in [3.05, 3.63) is 65.5 Å². The second-order valence-corrected chi connectivity index (χ2v) is 6.42. The van der Waals surface area contributed by atoms with E-state index in [0.717, 1.165) is 0 Å². The van der Waals surface area contributed by atoms with Crippen molar-refractivity contribution in [3.63, 3.8) is 0 Å². The molecule has 3 rings (SSSR count). The lowest BCUT2D eigenvalue weighted by Gasteiger charge is -2.15.